The molecule has 0 radical (unpaired) electrons. The summed E-state index contributed by atoms with van der Waals surface area (Å²) in [6.45, 7) is 0. The van der Waals surface area contributed by atoms with Crippen LogP contribution in [0.15, 0.2) is 59.0 Å². The zero-order chi connectivity index (χ0) is 14.0. The fourth-order valence-corrected chi connectivity index (χ4v) is 3.38. The highest BCUT2D eigenvalue weighted by Crippen LogP contribution is 2.38. The van der Waals surface area contributed by atoms with Crippen molar-refractivity contribution in [3.05, 3.63) is 59.6 Å². The summed E-state index contributed by atoms with van der Waals surface area (Å²) in [5, 5.41) is 5.21. The molecular formula is C18H10ClNO. The molecule has 5 aromatic rings. The zero-order valence-electron chi connectivity index (χ0n) is 11.0. The van der Waals surface area contributed by atoms with Crippen LogP contribution in [0.2, 0.25) is 5.02 Å². The average Bonchev–Trinajstić information content (AvgIpc) is 3.05. The maximum Gasteiger partial charge on any atom is 0.145 e. The Morgan fingerprint density at radius 1 is 0.810 bits per heavy atom. The smallest absolute Gasteiger partial charge is 0.145 e. The van der Waals surface area contributed by atoms with E-state index in [0.29, 0.717) is 0 Å². The number of aromatic amines is 1. The molecule has 0 aliphatic carbocycles. The highest BCUT2D eigenvalue weighted by Gasteiger charge is 2.14. The van der Waals surface area contributed by atoms with Crippen molar-refractivity contribution in [2.45, 2.75) is 0 Å². The molecule has 2 aromatic heterocycles. The first-order valence-electron chi connectivity index (χ1n) is 6.83. The number of furan rings is 1. The Balaban J connectivity index is 2.13. The van der Waals surface area contributed by atoms with Gasteiger partial charge in [-0.3, -0.25) is 0 Å². The Morgan fingerprint density at radius 3 is 2.62 bits per heavy atom. The van der Waals surface area contributed by atoms with Crippen LogP contribution in [0.5, 0.6) is 0 Å². The van der Waals surface area contributed by atoms with Gasteiger partial charge < -0.3 is 9.40 Å². The Morgan fingerprint density at radius 2 is 1.67 bits per heavy atom. The van der Waals surface area contributed by atoms with Crippen molar-refractivity contribution in [1.29, 1.82) is 0 Å². The van der Waals surface area contributed by atoms with Crippen LogP contribution in [-0.4, -0.2) is 4.98 Å². The van der Waals surface area contributed by atoms with E-state index < -0.39 is 0 Å². The molecule has 100 valence electrons. The predicted molar refractivity (Wildman–Crippen MR) is 88.1 cm³/mol. The lowest BCUT2D eigenvalue weighted by molar-refractivity contribution is 0.673. The summed E-state index contributed by atoms with van der Waals surface area (Å²) >= 11 is 6.30. The average molecular weight is 292 g/mol. The largest absolute Gasteiger partial charge is 0.455 e. The molecule has 2 heterocycles. The molecule has 0 fully saturated rings. The lowest BCUT2D eigenvalue weighted by atomic mass is 10.1. The van der Waals surface area contributed by atoms with E-state index in [1.54, 1.807) is 0 Å². The van der Waals surface area contributed by atoms with Crippen LogP contribution in [0.3, 0.4) is 0 Å². The van der Waals surface area contributed by atoms with Crippen molar-refractivity contribution < 1.29 is 4.42 Å². The third-order valence-corrected chi connectivity index (χ3v) is 4.40. The van der Waals surface area contributed by atoms with Gasteiger partial charge in [-0.15, -0.1) is 0 Å². The van der Waals surface area contributed by atoms with E-state index in [4.69, 9.17) is 16.0 Å². The fraction of sp³-hybridized carbons (Fsp3) is 0. The molecule has 0 amide bonds. The first-order chi connectivity index (χ1) is 10.3. The summed E-state index contributed by atoms with van der Waals surface area (Å²) < 4.78 is 6.11. The van der Waals surface area contributed by atoms with Crippen LogP contribution in [0.1, 0.15) is 0 Å². The topological polar surface area (TPSA) is 28.9 Å². The van der Waals surface area contributed by atoms with Gasteiger partial charge in [-0.2, -0.15) is 0 Å². The Hall–Kier alpha value is -2.45. The minimum Gasteiger partial charge on any atom is -0.455 e. The van der Waals surface area contributed by atoms with E-state index in [-0.39, 0.29) is 0 Å². The van der Waals surface area contributed by atoms with Crippen LogP contribution < -0.4 is 0 Å². The van der Waals surface area contributed by atoms with Crippen molar-refractivity contribution in [2.75, 3.05) is 0 Å². The summed E-state index contributed by atoms with van der Waals surface area (Å²) in [5.41, 5.74) is 3.84. The number of halogens is 1. The number of para-hydroxylation sites is 2. The lowest BCUT2D eigenvalue weighted by Gasteiger charge is -1.94. The van der Waals surface area contributed by atoms with Gasteiger partial charge >= 0.3 is 0 Å². The van der Waals surface area contributed by atoms with Gasteiger partial charge in [0.1, 0.15) is 11.2 Å². The van der Waals surface area contributed by atoms with E-state index in [0.717, 1.165) is 48.8 Å². The van der Waals surface area contributed by atoms with Gasteiger partial charge in [-0.25, -0.2) is 0 Å². The van der Waals surface area contributed by atoms with Gasteiger partial charge in [0.25, 0.3) is 0 Å². The Kier molecular flexibility index (Phi) is 2.04. The van der Waals surface area contributed by atoms with E-state index in [1.807, 2.05) is 30.3 Å². The molecule has 5 rings (SSSR count). The number of benzene rings is 3. The summed E-state index contributed by atoms with van der Waals surface area (Å²) in [7, 11) is 0. The molecular weight excluding hydrogens is 282 g/mol. The van der Waals surface area contributed by atoms with Crippen molar-refractivity contribution in [2.24, 2.45) is 0 Å². The quantitative estimate of drug-likeness (QED) is 0.379. The van der Waals surface area contributed by atoms with Crippen molar-refractivity contribution in [3.63, 3.8) is 0 Å². The van der Waals surface area contributed by atoms with Crippen LogP contribution in [0.25, 0.3) is 43.7 Å². The number of hydrogen-bond donors (Lipinski definition) is 1. The monoisotopic (exact) mass is 291 g/mol. The standard InChI is InChI=1S/C18H10ClNO/c19-13-6-3-5-12-16-14(20-17(12)13)9-8-11-10-4-1-2-7-15(10)21-18(11)16/h1-9,20H. The number of aromatic nitrogens is 1. The molecule has 0 unspecified atom stereocenters. The molecule has 3 heteroatoms. The van der Waals surface area contributed by atoms with Crippen LogP contribution >= 0.6 is 11.6 Å². The number of H-pyrrole nitrogens is 1. The second-order valence-corrected chi connectivity index (χ2v) is 5.66. The summed E-state index contributed by atoms with van der Waals surface area (Å²) in [6.07, 6.45) is 0. The first-order valence-corrected chi connectivity index (χ1v) is 7.21. The highest BCUT2D eigenvalue weighted by atomic mass is 35.5. The number of rotatable bonds is 0. The van der Waals surface area contributed by atoms with Crippen molar-refractivity contribution >= 4 is 55.3 Å². The Bertz CT molecular complexity index is 1150. The van der Waals surface area contributed by atoms with Gasteiger partial charge in [0.2, 0.25) is 0 Å². The fourth-order valence-electron chi connectivity index (χ4n) is 3.15. The molecule has 0 bridgehead atoms. The van der Waals surface area contributed by atoms with Gasteiger partial charge in [0.15, 0.2) is 0 Å². The van der Waals surface area contributed by atoms with Crippen LogP contribution in [-0.2, 0) is 0 Å². The third-order valence-electron chi connectivity index (χ3n) is 4.09. The molecule has 0 saturated carbocycles. The maximum atomic E-state index is 6.30. The second kappa shape index (κ2) is 3.80. The molecule has 0 aliphatic heterocycles. The molecule has 21 heavy (non-hydrogen) atoms. The van der Waals surface area contributed by atoms with Crippen molar-refractivity contribution in [3.8, 4) is 0 Å². The van der Waals surface area contributed by atoms with E-state index in [9.17, 15) is 0 Å². The van der Waals surface area contributed by atoms with Gasteiger partial charge in [0.05, 0.1) is 21.4 Å². The van der Waals surface area contributed by atoms with Crippen LogP contribution in [0, 0.1) is 0 Å². The van der Waals surface area contributed by atoms with E-state index >= 15 is 0 Å². The zero-order valence-corrected chi connectivity index (χ0v) is 11.7. The maximum absolute atomic E-state index is 6.30. The molecule has 0 saturated heterocycles. The Labute approximate surface area is 124 Å². The lowest BCUT2D eigenvalue weighted by Crippen LogP contribution is -1.69. The first kappa shape index (κ1) is 11.2. The summed E-state index contributed by atoms with van der Waals surface area (Å²) in [6, 6.07) is 18.3. The molecule has 0 spiro atoms. The number of hydrogen-bond acceptors (Lipinski definition) is 1. The summed E-state index contributed by atoms with van der Waals surface area (Å²) in [4.78, 5) is 3.39. The third kappa shape index (κ3) is 1.38. The minimum atomic E-state index is 0.730. The van der Waals surface area contributed by atoms with E-state index in [1.165, 1.54) is 0 Å². The summed E-state index contributed by atoms with van der Waals surface area (Å²) in [5.74, 6) is 0. The minimum absolute atomic E-state index is 0.730. The molecule has 1 N–H and O–H groups in total. The predicted octanol–water partition coefficient (Wildman–Crippen LogP) is 5.87. The number of nitrogens with one attached hydrogen (secondary N) is 1. The van der Waals surface area contributed by atoms with E-state index in [2.05, 4.69) is 29.2 Å². The SMILES string of the molecule is Clc1cccc2c1[nH]c1ccc3c4ccccc4oc3c12. The van der Waals surface area contributed by atoms with Gasteiger partial charge in [-0.05, 0) is 24.3 Å². The highest BCUT2D eigenvalue weighted by molar-refractivity contribution is 6.37. The number of fused-ring (bicyclic) bond motifs is 7. The van der Waals surface area contributed by atoms with Crippen molar-refractivity contribution in [1.82, 2.24) is 4.98 Å². The second-order valence-electron chi connectivity index (χ2n) is 5.25. The molecule has 0 atom stereocenters. The molecule has 3 aromatic carbocycles. The normalized spacial score (nSPS) is 12.0. The molecule has 2 nitrogen and oxygen atoms in total. The van der Waals surface area contributed by atoms with Gasteiger partial charge in [0, 0.05) is 16.2 Å². The molecule has 0 aliphatic rings. The van der Waals surface area contributed by atoms with Gasteiger partial charge in [-0.1, -0.05) is 41.9 Å². The van der Waals surface area contributed by atoms with Crippen LogP contribution in [0.4, 0.5) is 0 Å².